The van der Waals surface area contributed by atoms with Crippen LogP contribution in [0.15, 0.2) is 24.3 Å². The van der Waals surface area contributed by atoms with Crippen LogP contribution in [0.4, 0.5) is 0 Å². The Morgan fingerprint density at radius 2 is 2.05 bits per heavy atom. The van der Waals surface area contributed by atoms with Crippen molar-refractivity contribution in [1.82, 2.24) is 5.32 Å². The highest BCUT2D eigenvalue weighted by Gasteiger charge is 2.45. The van der Waals surface area contributed by atoms with Crippen LogP contribution in [0.3, 0.4) is 0 Å². The maximum Gasteiger partial charge on any atom is 0.172 e. The molecule has 0 amide bonds. The van der Waals surface area contributed by atoms with Crippen molar-refractivity contribution < 1.29 is 14.2 Å². The van der Waals surface area contributed by atoms with E-state index in [2.05, 4.69) is 5.32 Å². The topological polar surface area (TPSA) is 39.7 Å². The molecule has 0 aromatic heterocycles. The minimum atomic E-state index is -0.459. The van der Waals surface area contributed by atoms with Gasteiger partial charge >= 0.3 is 0 Å². The highest BCUT2D eigenvalue weighted by atomic mass is 35.5. The molecule has 1 spiro atoms. The fourth-order valence-electron chi connectivity index (χ4n) is 3.03. The number of hydrogen-bond donors (Lipinski definition) is 1. The summed E-state index contributed by atoms with van der Waals surface area (Å²) in [4.78, 5) is 0. The van der Waals surface area contributed by atoms with Crippen molar-refractivity contribution in [3.05, 3.63) is 29.3 Å². The number of ether oxygens (including phenoxy) is 3. The van der Waals surface area contributed by atoms with Crippen LogP contribution >= 0.6 is 11.6 Å². The fourth-order valence-corrected chi connectivity index (χ4v) is 3.21. The Labute approximate surface area is 124 Å². The van der Waals surface area contributed by atoms with Gasteiger partial charge in [0.1, 0.15) is 11.9 Å². The zero-order chi connectivity index (χ0) is 14.0. The SMILES string of the molecule is CNC1CCC2(CC1Oc1ccccc1Cl)OCCO2. The smallest absolute Gasteiger partial charge is 0.172 e. The predicted octanol–water partition coefficient (Wildman–Crippen LogP) is 2.60. The average molecular weight is 298 g/mol. The van der Waals surface area contributed by atoms with Crippen molar-refractivity contribution in [3.63, 3.8) is 0 Å². The minimum absolute atomic E-state index is 0.00764. The van der Waals surface area contributed by atoms with Gasteiger partial charge in [-0.2, -0.15) is 0 Å². The Kier molecular flexibility index (Phi) is 4.17. The van der Waals surface area contributed by atoms with Gasteiger partial charge in [-0.25, -0.2) is 0 Å². The highest BCUT2D eigenvalue weighted by Crippen LogP contribution is 2.38. The van der Waals surface area contributed by atoms with Crippen LogP contribution in [0.1, 0.15) is 19.3 Å². The van der Waals surface area contributed by atoms with Crippen molar-refractivity contribution in [2.45, 2.75) is 37.2 Å². The highest BCUT2D eigenvalue weighted by molar-refractivity contribution is 6.32. The van der Waals surface area contributed by atoms with Gasteiger partial charge in [-0.15, -0.1) is 0 Å². The molecule has 1 saturated carbocycles. The average Bonchev–Trinajstić information content (AvgIpc) is 2.90. The standard InChI is InChI=1S/C15H20ClNO3/c1-17-12-6-7-15(18-8-9-19-15)10-14(12)20-13-5-3-2-4-11(13)16/h2-5,12,14,17H,6-10H2,1H3. The molecule has 1 saturated heterocycles. The molecule has 1 aromatic carbocycles. The summed E-state index contributed by atoms with van der Waals surface area (Å²) in [5.74, 6) is 0.258. The summed E-state index contributed by atoms with van der Waals surface area (Å²) in [6.07, 6.45) is 2.59. The Balaban J connectivity index is 1.76. The lowest BCUT2D eigenvalue weighted by Gasteiger charge is -2.40. The summed E-state index contributed by atoms with van der Waals surface area (Å²) < 4.78 is 17.7. The normalized spacial score (nSPS) is 28.7. The molecule has 4 nitrogen and oxygen atoms in total. The summed E-state index contributed by atoms with van der Waals surface area (Å²) in [6, 6.07) is 7.84. The lowest BCUT2D eigenvalue weighted by molar-refractivity contribution is -0.196. The first-order valence-electron chi connectivity index (χ1n) is 7.09. The van der Waals surface area contributed by atoms with Crippen molar-refractivity contribution in [3.8, 4) is 5.75 Å². The molecule has 0 radical (unpaired) electrons. The van der Waals surface area contributed by atoms with Gasteiger partial charge in [0.05, 0.1) is 18.2 Å². The Morgan fingerprint density at radius 1 is 1.30 bits per heavy atom. The number of likely N-dealkylation sites (N-methyl/N-ethyl adjacent to an activating group) is 1. The monoisotopic (exact) mass is 297 g/mol. The van der Waals surface area contributed by atoms with Crippen LogP contribution in [0.5, 0.6) is 5.75 Å². The van der Waals surface area contributed by atoms with Crippen LogP contribution in [0.2, 0.25) is 5.02 Å². The largest absolute Gasteiger partial charge is 0.487 e. The van der Waals surface area contributed by atoms with Gasteiger partial charge in [-0.05, 0) is 25.6 Å². The maximum absolute atomic E-state index is 6.18. The molecule has 1 aromatic rings. The molecule has 1 N–H and O–H groups in total. The van der Waals surface area contributed by atoms with Gasteiger partial charge in [0.15, 0.2) is 5.79 Å². The van der Waals surface area contributed by atoms with E-state index in [1.807, 2.05) is 31.3 Å². The van der Waals surface area contributed by atoms with Crippen LogP contribution in [0, 0.1) is 0 Å². The molecule has 20 heavy (non-hydrogen) atoms. The molecule has 1 heterocycles. The van der Waals surface area contributed by atoms with E-state index in [0.717, 1.165) is 25.0 Å². The first-order chi connectivity index (χ1) is 9.72. The van der Waals surface area contributed by atoms with E-state index in [-0.39, 0.29) is 12.1 Å². The van der Waals surface area contributed by atoms with Crippen molar-refractivity contribution in [2.75, 3.05) is 20.3 Å². The zero-order valence-electron chi connectivity index (χ0n) is 11.6. The second kappa shape index (κ2) is 5.90. The van der Waals surface area contributed by atoms with E-state index in [9.17, 15) is 0 Å². The first kappa shape index (κ1) is 14.1. The van der Waals surface area contributed by atoms with Crippen LogP contribution in [0.25, 0.3) is 0 Å². The summed E-state index contributed by atoms with van der Waals surface area (Å²) in [5, 5.41) is 3.96. The third-order valence-electron chi connectivity index (χ3n) is 4.10. The number of benzene rings is 1. The predicted molar refractivity (Wildman–Crippen MR) is 77.2 cm³/mol. The molecule has 0 bridgehead atoms. The van der Waals surface area contributed by atoms with E-state index in [4.69, 9.17) is 25.8 Å². The summed E-state index contributed by atoms with van der Waals surface area (Å²) >= 11 is 6.18. The zero-order valence-corrected chi connectivity index (χ0v) is 12.4. The summed E-state index contributed by atoms with van der Waals surface area (Å²) in [6.45, 7) is 1.34. The van der Waals surface area contributed by atoms with Crippen molar-refractivity contribution >= 4 is 11.6 Å². The molecule has 110 valence electrons. The number of hydrogen-bond acceptors (Lipinski definition) is 4. The minimum Gasteiger partial charge on any atom is -0.487 e. The molecular weight excluding hydrogens is 278 g/mol. The third kappa shape index (κ3) is 2.79. The first-order valence-corrected chi connectivity index (χ1v) is 7.47. The molecule has 2 atom stereocenters. The van der Waals surface area contributed by atoms with Gasteiger partial charge in [-0.1, -0.05) is 23.7 Å². The summed E-state index contributed by atoms with van der Waals surface area (Å²) in [7, 11) is 1.96. The third-order valence-corrected chi connectivity index (χ3v) is 4.41. The van der Waals surface area contributed by atoms with Crippen LogP contribution in [-0.2, 0) is 9.47 Å². The molecule has 2 unspecified atom stereocenters. The van der Waals surface area contributed by atoms with Crippen LogP contribution in [-0.4, -0.2) is 38.2 Å². The molecule has 2 aliphatic rings. The van der Waals surface area contributed by atoms with E-state index in [1.54, 1.807) is 0 Å². The molecular formula is C15H20ClNO3. The van der Waals surface area contributed by atoms with E-state index in [0.29, 0.717) is 18.2 Å². The van der Waals surface area contributed by atoms with Gasteiger partial charge in [0.25, 0.3) is 0 Å². The van der Waals surface area contributed by atoms with Crippen molar-refractivity contribution in [1.29, 1.82) is 0 Å². The lowest BCUT2D eigenvalue weighted by atomic mass is 9.87. The second-order valence-electron chi connectivity index (χ2n) is 5.33. The Hall–Kier alpha value is -0.810. The number of rotatable bonds is 3. The molecule has 2 fully saturated rings. The van der Waals surface area contributed by atoms with E-state index in [1.165, 1.54) is 0 Å². The van der Waals surface area contributed by atoms with Gasteiger partial charge < -0.3 is 19.5 Å². The maximum atomic E-state index is 6.18. The molecule has 1 aliphatic carbocycles. The van der Waals surface area contributed by atoms with E-state index < -0.39 is 5.79 Å². The Bertz CT molecular complexity index is 462. The molecule has 3 rings (SSSR count). The number of nitrogens with one attached hydrogen (secondary N) is 1. The van der Waals surface area contributed by atoms with Crippen molar-refractivity contribution in [2.24, 2.45) is 0 Å². The van der Waals surface area contributed by atoms with Gasteiger partial charge in [-0.3, -0.25) is 0 Å². The number of halogens is 1. The van der Waals surface area contributed by atoms with E-state index >= 15 is 0 Å². The van der Waals surface area contributed by atoms with Gasteiger partial charge in [0.2, 0.25) is 0 Å². The summed E-state index contributed by atoms with van der Waals surface area (Å²) in [5.41, 5.74) is 0. The van der Waals surface area contributed by atoms with Crippen LogP contribution < -0.4 is 10.1 Å². The number of para-hydroxylation sites is 1. The molecule has 5 heteroatoms. The second-order valence-corrected chi connectivity index (χ2v) is 5.74. The Morgan fingerprint density at radius 3 is 2.75 bits per heavy atom. The van der Waals surface area contributed by atoms with Gasteiger partial charge in [0, 0.05) is 18.9 Å². The lowest BCUT2D eigenvalue weighted by Crippen LogP contribution is -2.52. The quantitative estimate of drug-likeness (QED) is 0.931. The molecule has 1 aliphatic heterocycles. The fraction of sp³-hybridized carbons (Fsp3) is 0.600.